The smallest absolute Gasteiger partial charge is 0.0450 e. The summed E-state index contributed by atoms with van der Waals surface area (Å²) < 4.78 is 0. The van der Waals surface area contributed by atoms with Crippen molar-refractivity contribution < 1.29 is 0 Å². The molecule has 1 heterocycles. The van der Waals surface area contributed by atoms with Crippen molar-refractivity contribution in [1.82, 2.24) is 0 Å². The third-order valence-electron chi connectivity index (χ3n) is 3.62. The van der Waals surface area contributed by atoms with E-state index in [4.69, 9.17) is 0 Å². The van der Waals surface area contributed by atoms with Crippen LogP contribution in [0.15, 0.2) is 48.5 Å². The van der Waals surface area contributed by atoms with Crippen LogP contribution >= 0.6 is 0 Å². The standard InChI is InChI=1S/C17H17N/c1-3-7-13-9-6-11-17-15(13)12-14-8-4-5-10-16(14)18(17)2/h3-11H,12H2,1-2H3. The second kappa shape index (κ2) is 4.34. The average Bonchev–Trinajstić information content (AvgIpc) is 2.40. The quantitative estimate of drug-likeness (QED) is 0.708. The zero-order chi connectivity index (χ0) is 12.5. The lowest BCUT2D eigenvalue weighted by atomic mass is 9.92. The van der Waals surface area contributed by atoms with E-state index in [2.05, 4.69) is 73.5 Å². The van der Waals surface area contributed by atoms with Gasteiger partial charge >= 0.3 is 0 Å². The molecule has 0 N–H and O–H groups in total. The molecular weight excluding hydrogens is 218 g/mol. The van der Waals surface area contributed by atoms with Gasteiger partial charge in [0, 0.05) is 24.8 Å². The van der Waals surface area contributed by atoms with E-state index >= 15 is 0 Å². The van der Waals surface area contributed by atoms with Crippen LogP contribution in [-0.2, 0) is 6.42 Å². The Labute approximate surface area is 108 Å². The Kier molecular flexibility index (Phi) is 2.67. The highest BCUT2D eigenvalue weighted by Crippen LogP contribution is 2.38. The third-order valence-corrected chi connectivity index (χ3v) is 3.62. The molecule has 0 saturated carbocycles. The Morgan fingerprint density at radius 1 is 1.00 bits per heavy atom. The molecule has 0 unspecified atom stereocenters. The van der Waals surface area contributed by atoms with Gasteiger partial charge in [0.05, 0.1) is 0 Å². The topological polar surface area (TPSA) is 3.24 Å². The first-order chi connectivity index (χ1) is 8.81. The number of nitrogens with zero attached hydrogens (tertiary/aromatic N) is 1. The summed E-state index contributed by atoms with van der Waals surface area (Å²) in [6, 6.07) is 15.2. The van der Waals surface area contributed by atoms with Crippen molar-refractivity contribution in [2.45, 2.75) is 13.3 Å². The van der Waals surface area contributed by atoms with E-state index in [1.807, 2.05) is 0 Å². The molecular formula is C17H17N. The summed E-state index contributed by atoms with van der Waals surface area (Å²) in [7, 11) is 2.15. The minimum atomic E-state index is 1.02. The molecule has 0 radical (unpaired) electrons. The van der Waals surface area contributed by atoms with Crippen LogP contribution in [0.1, 0.15) is 23.6 Å². The maximum absolute atomic E-state index is 2.29. The first kappa shape index (κ1) is 11.1. The third kappa shape index (κ3) is 1.63. The minimum absolute atomic E-state index is 1.02. The van der Waals surface area contributed by atoms with Gasteiger partial charge in [0.2, 0.25) is 0 Å². The van der Waals surface area contributed by atoms with Gasteiger partial charge in [-0.25, -0.2) is 0 Å². The van der Waals surface area contributed by atoms with Gasteiger partial charge in [0.1, 0.15) is 0 Å². The van der Waals surface area contributed by atoms with Gasteiger partial charge in [-0.05, 0) is 35.7 Å². The highest BCUT2D eigenvalue weighted by atomic mass is 15.1. The van der Waals surface area contributed by atoms with Crippen LogP contribution in [0.2, 0.25) is 0 Å². The Morgan fingerprint density at radius 2 is 1.78 bits per heavy atom. The summed E-state index contributed by atoms with van der Waals surface area (Å²) in [5, 5.41) is 0. The number of para-hydroxylation sites is 1. The molecule has 1 aliphatic heterocycles. The van der Waals surface area contributed by atoms with Crippen LogP contribution in [-0.4, -0.2) is 7.05 Å². The largest absolute Gasteiger partial charge is 0.344 e. The van der Waals surface area contributed by atoms with Crippen molar-refractivity contribution in [2.24, 2.45) is 0 Å². The van der Waals surface area contributed by atoms with Crippen LogP contribution in [0, 0.1) is 0 Å². The van der Waals surface area contributed by atoms with Gasteiger partial charge in [-0.2, -0.15) is 0 Å². The van der Waals surface area contributed by atoms with E-state index in [9.17, 15) is 0 Å². The number of hydrogen-bond acceptors (Lipinski definition) is 1. The lowest BCUT2D eigenvalue weighted by Crippen LogP contribution is -2.19. The monoisotopic (exact) mass is 235 g/mol. The molecule has 1 nitrogen and oxygen atoms in total. The molecule has 0 spiro atoms. The molecule has 0 aromatic heterocycles. The van der Waals surface area contributed by atoms with Gasteiger partial charge < -0.3 is 4.90 Å². The van der Waals surface area contributed by atoms with Crippen molar-refractivity contribution >= 4 is 17.5 Å². The molecule has 1 aliphatic rings. The zero-order valence-corrected chi connectivity index (χ0v) is 10.9. The fourth-order valence-electron chi connectivity index (χ4n) is 2.74. The predicted octanol–water partition coefficient (Wildman–Crippen LogP) is 4.39. The second-order valence-corrected chi connectivity index (χ2v) is 4.71. The normalized spacial score (nSPS) is 13.6. The van der Waals surface area contributed by atoms with E-state index in [-0.39, 0.29) is 0 Å². The van der Waals surface area contributed by atoms with E-state index < -0.39 is 0 Å². The molecule has 1 heteroatoms. The Morgan fingerprint density at radius 3 is 2.61 bits per heavy atom. The summed E-state index contributed by atoms with van der Waals surface area (Å²) in [4.78, 5) is 2.29. The van der Waals surface area contributed by atoms with Crippen LogP contribution < -0.4 is 4.90 Å². The van der Waals surface area contributed by atoms with Crippen molar-refractivity contribution in [3.8, 4) is 0 Å². The number of anilines is 2. The van der Waals surface area contributed by atoms with Gasteiger partial charge in [-0.1, -0.05) is 42.5 Å². The maximum atomic E-state index is 2.29. The van der Waals surface area contributed by atoms with E-state index in [0.29, 0.717) is 0 Å². The van der Waals surface area contributed by atoms with Crippen molar-refractivity contribution in [1.29, 1.82) is 0 Å². The van der Waals surface area contributed by atoms with Gasteiger partial charge in [-0.15, -0.1) is 0 Å². The second-order valence-electron chi connectivity index (χ2n) is 4.71. The number of allylic oxidation sites excluding steroid dienone is 1. The summed E-state index contributed by atoms with van der Waals surface area (Å²) in [6.45, 7) is 2.07. The van der Waals surface area contributed by atoms with E-state index in [1.54, 1.807) is 0 Å². The fourth-order valence-corrected chi connectivity index (χ4v) is 2.74. The van der Waals surface area contributed by atoms with Crippen LogP contribution in [0.25, 0.3) is 6.08 Å². The van der Waals surface area contributed by atoms with E-state index in [0.717, 1.165) is 6.42 Å². The molecule has 0 saturated heterocycles. The lowest BCUT2D eigenvalue weighted by Gasteiger charge is -2.31. The molecule has 3 rings (SSSR count). The van der Waals surface area contributed by atoms with Crippen LogP contribution in [0.5, 0.6) is 0 Å². The lowest BCUT2D eigenvalue weighted by molar-refractivity contribution is 1.05. The van der Waals surface area contributed by atoms with Crippen LogP contribution in [0.3, 0.4) is 0 Å². The molecule has 2 aromatic carbocycles. The molecule has 0 bridgehead atoms. The molecule has 0 fully saturated rings. The average molecular weight is 235 g/mol. The summed E-state index contributed by atoms with van der Waals surface area (Å²) in [5.74, 6) is 0. The van der Waals surface area contributed by atoms with Gasteiger partial charge in [0.15, 0.2) is 0 Å². The maximum Gasteiger partial charge on any atom is 0.0450 e. The molecule has 18 heavy (non-hydrogen) atoms. The molecule has 0 amide bonds. The highest BCUT2D eigenvalue weighted by molar-refractivity contribution is 5.77. The first-order valence-electron chi connectivity index (χ1n) is 6.37. The SMILES string of the molecule is CC=Cc1cccc2c1Cc1ccccc1N2C. The Balaban J connectivity index is 2.18. The molecule has 90 valence electrons. The predicted molar refractivity (Wildman–Crippen MR) is 78.5 cm³/mol. The summed E-state index contributed by atoms with van der Waals surface area (Å²) in [5.41, 5.74) is 6.81. The molecule has 0 aliphatic carbocycles. The summed E-state index contributed by atoms with van der Waals surface area (Å²) >= 11 is 0. The number of benzene rings is 2. The van der Waals surface area contributed by atoms with Crippen molar-refractivity contribution in [3.63, 3.8) is 0 Å². The first-order valence-corrected chi connectivity index (χ1v) is 6.37. The van der Waals surface area contributed by atoms with E-state index in [1.165, 1.54) is 28.1 Å². The molecule has 0 atom stereocenters. The Hall–Kier alpha value is -2.02. The van der Waals surface area contributed by atoms with Crippen LogP contribution in [0.4, 0.5) is 11.4 Å². The fraction of sp³-hybridized carbons (Fsp3) is 0.176. The zero-order valence-electron chi connectivity index (χ0n) is 10.9. The highest BCUT2D eigenvalue weighted by Gasteiger charge is 2.20. The Bertz CT molecular complexity index is 611. The summed E-state index contributed by atoms with van der Waals surface area (Å²) in [6.07, 6.45) is 5.33. The van der Waals surface area contributed by atoms with Crippen molar-refractivity contribution in [2.75, 3.05) is 11.9 Å². The minimum Gasteiger partial charge on any atom is -0.344 e. The molecule has 2 aromatic rings. The number of hydrogen-bond donors (Lipinski definition) is 0. The van der Waals surface area contributed by atoms with Crippen molar-refractivity contribution in [3.05, 3.63) is 65.2 Å². The number of rotatable bonds is 1. The van der Waals surface area contributed by atoms with Gasteiger partial charge in [0.25, 0.3) is 0 Å². The van der Waals surface area contributed by atoms with Gasteiger partial charge in [-0.3, -0.25) is 0 Å². The number of fused-ring (bicyclic) bond motifs is 2.